The van der Waals surface area contributed by atoms with Gasteiger partial charge in [0.1, 0.15) is 0 Å². The molecule has 3 heterocycles. The Morgan fingerprint density at radius 3 is 2.19 bits per heavy atom. The zero-order chi connectivity index (χ0) is 29.3. The molecule has 0 saturated heterocycles. The van der Waals surface area contributed by atoms with Gasteiger partial charge in [0, 0.05) is 33.9 Å². The molecule has 2 atom stereocenters. The number of benzene rings is 4. The Morgan fingerprint density at radius 2 is 1.43 bits per heavy atom. The molecule has 212 valence electrons. The minimum absolute atomic E-state index is 0.0487. The Bertz CT molecular complexity index is 1810. The van der Waals surface area contributed by atoms with Gasteiger partial charge in [0.25, 0.3) is 6.71 Å². The summed E-state index contributed by atoms with van der Waals surface area (Å²) in [7, 11) is 0. The average Bonchev–Trinajstić information content (AvgIpc) is 3.14. The van der Waals surface area contributed by atoms with E-state index in [0.29, 0.717) is 0 Å². The van der Waals surface area contributed by atoms with Gasteiger partial charge in [0.15, 0.2) is 0 Å². The Kier molecular flexibility index (Phi) is 5.20. The highest BCUT2D eigenvalue weighted by atomic mass is 15.3. The molecule has 0 N–H and O–H groups in total. The summed E-state index contributed by atoms with van der Waals surface area (Å²) in [6.45, 7) is 19.3. The van der Waals surface area contributed by atoms with Crippen molar-refractivity contribution in [2.45, 2.75) is 97.4 Å². The number of hydrogen-bond donors (Lipinski definition) is 0. The molecule has 0 amide bonds. The molecule has 42 heavy (non-hydrogen) atoms. The minimum atomic E-state index is 0.0487. The fourth-order valence-corrected chi connectivity index (χ4v) is 9.06. The summed E-state index contributed by atoms with van der Waals surface area (Å²) in [5.41, 5.74) is 18.5. The zero-order valence-electron chi connectivity index (χ0n) is 26.7. The molecule has 2 unspecified atom stereocenters. The van der Waals surface area contributed by atoms with Gasteiger partial charge in [-0.05, 0) is 120 Å². The standard InChI is InChI=1S/C39H43BN2/c1-24-12-11-13-28(18-24)41-32-19-25(2)14-15-30(32)40-31-23-27(37(4,5)6)22-29-36(31)42(34-21-26(3)20-33(41)35(34)40)39(8)17-10-9-16-38(29,39)7/h11-15,18-23H,9-10,16-17H2,1-8H3. The van der Waals surface area contributed by atoms with Crippen molar-refractivity contribution >= 4 is 51.5 Å². The highest BCUT2D eigenvalue weighted by Gasteiger charge is 2.61. The number of fused-ring (bicyclic) bond motifs is 7. The van der Waals surface area contributed by atoms with Gasteiger partial charge < -0.3 is 9.80 Å². The lowest BCUT2D eigenvalue weighted by molar-refractivity contribution is 0.195. The molecule has 0 radical (unpaired) electrons. The number of rotatable bonds is 1. The van der Waals surface area contributed by atoms with Crippen LogP contribution < -0.4 is 26.2 Å². The first-order valence-corrected chi connectivity index (χ1v) is 16.0. The number of nitrogens with zero attached hydrogens (tertiary/aromatic N) is 2. The van der Waals surface area contributed by atoms with Crippen LogP contribution >= 0.6 is 0 Å². The third-order valence-corrected chi connectivity index (χ3v) is 11.5. The van der Waals surface area contributed by atoms with Gasteiger partial charge in [0.05, 0.1) is 5.54 Å². The van der Waals surface area contributed by atoms with E-state index in [-0.39, 0.29) is 23.1 Å². The zero-order valence-corrected chi connectivity index (χ0v) is 26.7. The van der Waals surface area contributed by atoms with Crippen LogP contribution in [0.4, 0.5) is 28.4 Å². The summed E-state index contributed by atoms with van der Waals surface area (Å²) in [6.07, 6.45) is 5.09. The molecule has 4 aromatic carbocycles. The molecule has 4 aromatic rings. The fourth-order valence-electron chi connectivity index (χ4n) is 9.06. The van der Waals surface area contributed by atoms with E-state index in [4.69, 9.17) is 0 Å². The number of hydrogen-bond acceptors (Lipinski definition) is 2. The SMILES string of the molecule is Cc1cccc(N2c3cc(C)ccc3B3c4cc(C(C)(C)C)cc5c4N(c4cc(C)cc2c43)C2(C)CCCCC52C)c1. The maximum absolute atomic E-state index is 2.85. The topological polar surface area (TPSA) is 6.48 Å². The molecule has 3 aliphatic heterocycles. The van der Waals surface area contributed by atoms with Crippen LogP contribution in [0.3, 0.4) is 0 Å². The first kappa shape index (κ1) is 26.2. The van der Waals surface area contributed by atoms with Crippen LogP contribution in [0.2, 0.25) is 0 Å². The van der Waals surface area contributed by atoms with E-state index in [1.807, 2.05) is 0 Å². The summed E-state index contributed by atoms with van der Waals surface area (Å²) in [4.78, 5) is 5.41. The Morgan fingerprint density at radius 1 is 0.714 bits per heavy atom. The first-order chi connectivity index (χ1) is 19.9. The Labute approximate surface area is 252 Å². The van der Waals surface area contributed by atoms with Crippen molar-refractivity contribution in [1.82, 2.24) is 0 Å². The van der Waals surface area contributed by atoms with E-state index >= 15 is 0 Å². The van der Waals surface area contributed by atoms with Gasteiger partial charge >= 0.3 is 0 Å². The lowest BCUT2D eigenvalue weighted by Crippen LogP contribution is -2.64. The second kappa shape index (κ2) is 8.34. The summed E-state index contributed by atoms with van der Waals surface area (Å²) < 4.78 is 0. The summed E-state index contributed by atoms with van der Waals surface area (Å²) in [6, 6.07) is 26.4. The van der Waals surface area contributed by atoms with Crippen molar-refractivity contribution in [1.29, 1.82) is 0 Å². The Balaban J connectivity index is 1.53. The second-order valence-electron chi connectivity index (χ2n) is 15.2. The molecule has 1 fully saturated rings. The maximum Gasteiger partial charge on any atom is 0.252 e. The van der Waals surface area contributed by atoms with E-state index in [9.17, 15) is 0 Å². The summed E-state index contributed by atoms with van der Waals surface area (Å²) in [5, 5.41) is 0. The number of anilines is 5. The van der Waals surface area contributed by atoms with Crippen LogP contribution in [0, 0.1) is 20.8 Å². The summed E-state index contributed by atoms with van der Waals surface area (Å²) in [5.74, 6) is 0. The van der Waals surface area contributed by atoms with Gasteiger partial charge in [-0.2, -0.15) is 0 Å². The Hall–Kier alpha value is -3.46. The maximum atomic E-state index is 2.85. The normalized spacial score (nSPS) is 23.4. The smallest absolute Gasteiger partial charge is 0.252 e. The predicted molar refractivity (Wildman–Crippen MR) is 181 cm³/mol. The molecule has 0 aromatic heterocycles. The molecular weight excluding hydrogens is 507 g/mol. The van der Waals surface area contributed by atoms with Gasteiger partial charge in [0.2, 0.25) is 0 Å². The van der Waals surface area contributed by atoms with Crippen LogP contribution in [0.25, 0.3) is 0 Å². The molecular formula is C39H43BN2. The largest absolute Gasteiger partial charge is 0.335 e. The van der Waals surface area contributed by atoms with Gasteiger partial charge in [-0.15, -0.1) is 0 Å². The average molecular weight is 551 g/mol. The van der Waals surface area contributed by atoms with E-state index < -0.39 is 0 Å². The van der Waals surface area contributed by atoms with Gasteiger partial charge in [-0.1, -0.05) is 76.9 Å². The lowest BCUT2D eigenvalue weighted by Gasteiger charge is -2.52. The quantitative estimate of drug-likeness (QED) is 0.194. The lowest BCUT2D eigenvalue weighted by atomic mass is 9.33. The minimum Gasteiger partial charge on any atom is -0.335 e. The van der Waals surface area contributed by atoms with Crippen LogP contribution in [0.1, 0.15) is 88.1 Å². The molecule has 3 heteroatoms. The molecule has 1 aliphatic carbocycles. The summed E-state index contributed by atoms with van der Waals surface area (Å²) >= 11 is 0. The second-order valence-corrected chi connectivity index (χ2v) is 15.2. The van der Waals surface area contributed by atoms with Gasteiger partial charge in [-0.3, -0.25) is 0 Å². The molecule has 0 spiro atoms. The highest BCUT2D eigenvalue weighted by molar-refractivity contribution is 7.00. The monoisotopic (exact) mass is 550 g/mol. The van der Waals surface area contributed by atoms with Gasteiger partial charge in [-0.25, -0.2) is 0 Å². The number of aryl methyl sites for hydroxylation is 3. The van der Waals surface area contributed by atoms with Crippen LogP contribution in [-0.2, 0) is 10.8 Å². The van der Waals surface area contributed by atoms with E-state index in [0.717, 1.165) is 0 Å². The molecule has 4 aliphatic rings. The molecule has 0 bridgehead atoms. The van der Waals surface area contributed by atoms with Crippen molar-refractivity contribution in [2.75, 3.05) is 9.80 Å². The fraction of sp³-hybridized carbons (Fsp3) is 0.385. The van der Waals surface area contributed by atoms with Crippen molar-refractivity contribution in [3.63, 3.8) is 0 Å². The third kappa shape index (κ3) is 3.23. The molecule has 8 rings (SSSR count). The van der Waals surface area contributed by atoms with Crippen LogP contribution in [0.5, 0.6) is 0 Å². The van der Waals surface area contributed by atoms with E-state index in [2.05, 4.69) is 132 Å². The van der Waals surface area contributed by atoms with E-state index in [1.165, 1.54) is 92.8 Å². The predicted octanol–water partition coefficient (Wildman–Crippen LogP) is 8.26. The van der Waals surface area contributed by atoms with Crippen LogP contribution in [-0.4, -0.2) is 12.3 Å². The first-order valence-electron chi connectivity index (χ1n) is 16.0. The van der Waals surface area contributed by atoms with Crippen molar-refractivity contribution in [2.24, 2.45) is 0 Å². The van der Waals surface area contributed by atoms with Crippen molar-refractivity contribution in [3.8, 4) is 0 Å². The molecule has 2 nitrogen and oxygen atoms in total. The van der Waals surface area contributed by atoms with Crippen molar-refractivity contribution < 1.29 is 0 Å². The van der Waals surface area contributed by atoms with E-state index in [1.54, 1.807) is 5.56 Å². The van der Waals surface area contributed by atoms with Crippen LogP contribution in [0.15, 0.2) is 66.7 Å². The van der Waals surface area contributed by atoms with Crippen molar-refractivity contribution in [3.05, 3.63) is 94.5 Å². The highest BCUT2D eigenvalue weighted by Crippen LogP contribution is 2.62. The molecule has 1 saturated carbocycles. The third-order valence-electron chi connectivity index (χ3n) is 11.5.